The number of H-pyrrole nitrogens is 1. The maximum atomic E-state index is 14.3. The summed E-state index contributed by atoms with van der Waals surface area (Å²) in [7, 11) is 0. The lowest BCUT2D eigenvalue weighted by Crippen LogP contribution is -2.48. The molecule has 3 unspecified atom stereocenters. The number of aromatic nitrogens is 3. The predicted octanol–water partition coefficient (Wildman–Crippen LogP) is 4.67. The van der Waals surface area contributed by atoms with Crippen LogP contribution in [0.2, 0.25) is 0 Å². The maximum absolute atomic E-state index is 14.3. The van der Waals surface area contributed by atoms with Gasteiger partial charge in [-0.1, -0.05) is 13.8 Å². The molecule has 3 aromatic rings. The van der Waals surface area contributed by atoms with Gasteiger partial charge >= 0.3 is 0 Å². The molecule has 8 nitrogen and oxygen atoms in total. The van der Waals surface area contributed by atoms with Crippen LogP contribution in [0.15, 0.2) is 24.5 Å². The van der Waals surface area contributed by atoms with Crippen LogP contribution in [0.3, 0.4) is 0 Å². The van der Waals surface area contributed by atoms with Crippen LogP contribution in [0.5, 0.6) is 5.75 Å². The molecule has 0 spiro atoms. The zero-order valence-electron chi connectivity index (χ0n) is 21.6. The number of carbonyl (C=O) groups is 2. The van der Waals surface area contributed by atoms with E-state index in [1.807, 2.05) is 13.8 Å². The summed E-state index contributed by atoms with van der Waals surface area (Å²) in [5.41, 5.74) is 3.23. The third-order valence-corrected chi connectivity index (χ3v) is 7.54. The fourth-order valence-electron chi connectivity index (χ4n) is 5.22. The molecule has 1 aromatic carbocycles. The number of nitrogens with one attached hydrogen (secondary N) is 3. The third kappa shape index (κ3) is 5.45. The van der Waals surface area contributed by atoms with Crippen molar-refractivity contribution < 1.29 is 18.7 Å². The van der Waals surface area contributed by atoms with Gasteiger partial charge in [0.1, 0.15) is 29.1 Å². The number of halogens is 1. The second-order valence-corrected chi connectivity index (χ2v) is 10.5. The Balaban J connectivity index is 1.38. The average Bonchev–Trinajstić information content (AvgIpc) is 3.64. The molecule has 0 radical (unpaired) electrons. The highest BCUT2D eigenvalue weighted by Gasteiger charge is 2.31. The number of hydrogen-bond donors (Lipinski definition) is 3. The Hall–Kier alpha value is -3.49. The third-order valence-electron chi connectivity index (χ3n) is 7.54. The van der Waals surface area contributed by atoms with Gasteiger partial charge in [-0.05, 0) is 69.1 Å². The molecule has 2 fully saturated rings. The summed E-state index contributed by atoms with van der Waals surface area (Å²) in [4.78, 5) is 37.4. The molecule has 2 saturated carbocycles. The number of carbonyl (C=O) groups excluding carboxylic acids is 2. The zero-order chi connectivity index (χ0) is 26.1. The lowest BCUT2D eigenvalue weighted by Gasteiger charge is -2.35. The lowest BCUT2D eigenvalue weighted by molar-refractivity contribution is -0.122. The van der Waals surface area contributed by atoms with Gasteiger partial charge < -0.3 is 20.4 Å². The zero-order valence-corrected chi connectivity index (χ0v) is 21.6. The number of aromatic amines is 1. The lowest BCUT2D eigenvalue weighted by atomic mass is 9.82. The van der Waals surface area contributed by atoms with Crippen molar-refractivity contribution in [3.63, 3.8) is 0 Å². The smallest absolute Gasteiger partial charge is 0.255 e. The van der Waals surface area contributed by atoms with Crippen molar-refractivity contribution in [2.24, 2.45) is 11.8 Å². The molecule has 3 N–H and O–H groups in total. The predicted molar refractivity (Wildman–Crippen MR) is 139 cm³/mol. The van der Waals surface area contributed by atoms with Crippen LogP contribution >= 0.6 is 0 Å². The molecule has 196 valence electrons. The van der Waals surface area contributed by atoms with Crippen LogP contribution in [-0.4, -0.2) is 45.5 Å². The minimum atomic E-state index is -0.387. The fourth-order valence-corrected chi connectivity index (χ4v) is 5.22. The van der Waals surface area contributed by atoms with Crippen LogP contribution in [0.4, 0.5) is 4.39 Å². The molecule has 0 saturated heterocycles. The Bertz CT molecular complexity index is 1320. The molecule has 2 aliphatic rings. The van der Waals surface area contributed by atoms with E-state index in [0.29, 0.717) is 58.2 Å². The summed E-state index contributed by atoms with van der Waals surface area (Å²) < 4.78 is 20.3. The number of aryl methyl sites for hydroxylation is 1. The first-order valence-electron chi connectivity index (χ1n) is 13.2. The van der Waals surface area contributed by atoms with E-state index in [9.17, 15) is 14.0 Å². The second kappa shape index (κ2) is 10.5. The highest BCUT2D eigenvalue weighted by molar-refractivity contribution is 6.09. The van der Waals surface area contributed by atoms with E-state index >= 15 is 0 Å². The van der Waals surface area contributed by atoms with Crippen molar-refractivity contribution in [3.8, 4) is 17.0 Å². The summed E-state index contributed by atoms with van der Waals surface area (Å²) in [6, 6.07) is 4.57. The molecule has 0 aliphatic heterocycles. The van der Waals surface area contributed by atoms with E-state index < -0.39 is 0 Å². The van der Waals surface area contributed by atoms with Gasteiger partial charge in [0.2, 0.25) is 5.91 Å². The van der Waals surface area contributed by atoms with Gasteiger partial charge in [-0.3, -0.25) is 9.59 Å². The number of nitrogens with zero attached hydrogens (tertiary/aromatic N) is 2. The van der Waals surface area contributed by atoms with Gasteiger partial charge in [-0.15, -0.1) is 0 Å². The summed E-state index contributed by atoms with van der Waals surface area (Å²) in [5, 5.41) is 6.27. The first-order valence-corrected chi connectivity index (χ1v) is 13.2. The van der Waals surface area contributed by atoms with E-state index in [1.165, 1.54) is 18.5 Å². The van der Waals surface area contributed by atoms with Gasteiger partial charge in [-0.25, -0.2) is 14.4 Å². The summed E-state index contributed by atoms with van der Waals surface area (Å²) in [6.45, 7) is 6.38. The molecular formula is C28H34FN5O3. The van der Waals surface area contributed by atoms with E-state index in [1.54, 1.807) is 6.07 Å². The molecular weight excluding hydrogens is 473 g/mol. The first kappa shape index (κ1) is 25.2. The van der Waals surface area contributed by atoms with Crippen LogP contribution in [0, 0.1) is 24.6 Å². The molecule has 2 amide bonds. The van der Waals surface area contributed by atoms with Crippen molar-refractivity contribution in [3.05, 3.63) is 41.6 Å². The second-order valence-electron chi connectivity index (χ2n) is 10.5. The first-order chi connectivity index (χ1) is 17.8. The fraction of sp³-hybridized carbons (Fsp3) is 0.500. The summed E-state index contributed by atoms with van der Waals surface area (Å²) in [5.74, 6) is 0.838. The topological polar surface area (TPSA) is 109 Å². The molecule has 0 bridgehead atoms. The average molecular weight is 508 g/mol. The van der Waals surface area contributed by atoms with E-state index in [0.717, 1.165) is 32.1 Å². The van der Waals surface area contributed by atoms with Gasteiger partial charge in [0.05, 0.1) is 17.7 Å². The molecule has 3 atom stereocenters. The number of ether oxygens (including phenoxy) is 1. The van der Waals surface area contributed by atoms with E-state index in [2.05, 4.69) is 32.5 Å². The number of fused-ring (bicyclic) bond motifs is 1. The van der Waals surface area contributed by atoms with Gasteiger partial charge in [-0.2, -0.15) is 0 Å². The Labute approximate surface area is 215 Å². The quantitative estimate of drug-likeness (QED) is 0.410. The van der Waals surface area contributed by atoms with Crippen molar-refractivity contribution in [2.45, 2.75) is 71.4 Å². The molecule has 2 aromatic heterocycles. The minimum absolute atomic E-state index is 0.00795. The van der Waals surface area contributed by atoms with Crippen molar-refractivity contribution in [1.82, 2.24) is 25.6 Å². The Morgan fingerprint density at radius 1 is 1.16 bits per heavy atom. The Kier molecular flexibility index (Phi) is 7.13. The van der Waals surface area contributed by atoms with Crippen molar-refractivity contribution >= 4 is 22.8 Å². The number of amides is 2. The Morgan fingerprint density at radius 2 is 1.97 bits per heavy atom. The Morgan fingerprint density at radius 3 is 2.70 bits per heavy atom. The normalized spacial score (nSPS) is 21.6. The van der Waals surface area contributed by atoms with Crippen molar-refractivity contribution in [1.29, 1.82) is 0 Å². The maximum Gasteiger partial charge on any atom is 0.255 e. The van der Waals surface area contributed by atoms with Crippen LogP contribution < -0.4 is 15.4 Å². The van der Waals surface area contributed by atoms with E-state index in [-0.39, 0.29) is 35.6 Å². The van der Waals surface area contributed by atoms with Crippen LogP contribution in [-0.2, 0) is 4.79 Å². The minimum Gasteiger partial charge on any atom is -0.493 e. The molecule has 2 aliphatic carbocycles. The SMILES string of the molecule is CCC(=O)NC1CCC(NC(=O)c2c(C)[nH]c3c(-c4cc(F)ccc4OCC4CC4)ncnc23)CC1C. The largest absolute Gasteiger partial charge is 0.493 e. The van der Waals surface area contributed by atoms with Crippen molar-refractivity contribution in [2.75, 3.05) is 6.61 Å². The van der Waals surface area contributed by atoms with Crippen LogP contribution in [0.1, 0.15) is 68.4 Å². The number of benzene rings is 1. The van der Waals surface area contributed by atoms with Gasteiger partial charge in [0.15, 0.2) is 0 Å². The standard InChI is InChI=1S/C28H34FN5O3/c1-4-23(35)34-21-9-8-19(11-15(21)2)33-28(36)24-16(3)32-27-25(30-14-31-26(24)27)20-12-18(29)7-10-22(20)37-13-17-5-6-17/h7,10,12,14-15,17,19,21,32H,4-6,8-9,11,13H2,1-3H3,(H,33,36)(H,34,35). The van der Waals surface area contributed by atoms with Gasteiger partial charge in [0.25, 0.3) is 5.91 Å². The van der Waals surface area contributed by atoms with Gasteiger partial charge in [0, 0.05) is 29.8 Å². The summed E-state index contributed by atoms with van der Waals surface area (Å²) in [6.07, 6.45) is 6.56. The molecule has 5 rings (SSSR count). The molecule has 9 heteroatoms. The number of rotatable bonds is 8. The number of hydrogen-bond acceptors (Lipinski definition) is 5. The van der Waals surface area contributed by atoms with E-state index in [4.69, 9.17) is 4.74 Å². The highest BCUT2D eigenvalue weighted by atomic mass is 19.1. The molecule has 37 heavy (non-hydrogen) atoms. The highest BCUT2D eigenvalue weighted by Crippen LogP contribution is 2.37. The summed E-state index contributed by atoms with van der Waals surface area (Å²) >= 11 is 0. The monoisotopic (exact) mass is 507 g/mol. The van der Waals surface area contributed by atoms with Crippen LogP contribution in [0.25, 0.3) is 22.3 Å². The molecule has 2 heterocycles.